The molecule has 7 nitrogen and oxygen atoms in total. The third-order valence-corrected chi connectivity index (χ3v) is 3.76. The third-order valence-electron chi connectivity index (χ3n) is 3.13. The first kappa shape index (κ1) is 17.2. The van der Waals surface area contributed by atoms with Crippen molar-refractivity contribution in [3.63, 3.8) is 0 Å². The Morgan fingerprint density at radius 1 is 1.13 bits per heavy atom. The van der Waals surface area contributed by atoms with Crippen LogP contribution in [-0.2, 0) is 14.4 Å². The van der Waals surface area contributed by atoms with Crippen LogP contribution in [0, 0.1) is 0 Å². The first-order valence-corrected chi connectivity index (χ1v) is 7.42. The van der Waals surface area contributed by atoms with Gasteiger partial charge in [-0.1, -0.05) is 29.3 Å². The number of rotatable bonds is 4. The minimum Gasteiger partial charge on any atom is -0.322 e. The van der Waals surface area contributed by atoms with Crippen LogP contribution in [0.4, 0.5) is 10.5 Å². The zero-order valence-corrected chi connectivity index (χ0v) is 13.8. The lowest BCUT2D eigenvalue weighted by atomic mass is 10.3. The number of urea groups is 1. The maximum atomic E-state index is 12.1. The molecule has 23 heavy (non-hydrogen) atoms. The van der Waals surface area contributed by atoms with Crippen molar-refractivity contribution in [3.8, 4) is 0 Å². The Kier molecular flexibility index (Phi) is 4.91. The predicted molar refractivity (Wildman–Crippen MR) is 84.2 cm³/mol. The monoisotopic (exact) mass is 357 g/mol. The summed E-state index contributed by atoms with van der Waals surface area (Å²) in [6.07, 6.45) is 0. The van der Waals surface area contributed by atoms with E-state index in [1.165, 1.54) is 12.1 Å². The van der Waals surface area contributed by atoms with Gasteiger partial charge in [-0.15, -0.1) is 0 Å². The lowest BCUT2D eigenvalue weighted by Gasteiger charge is -2.18. The second kappa shape index (κ2) is 6.55. The van der Waals surface area contributed by atoms with Gasteiger partial charge < -0.3 is 5.32 Å². The highest BCUT2D eigenvalue weighted by Gasteiger charge is 2.46. The topological polar surface area (TPSA) is 86.8 Å². The number of para-hydroxylation sites is 1. The molecule has 1 fully saturated rings. The first-order chi connectivity index (χ1) is 10.7. The van der Waals surface area contributed by atoms with Crippen molar-refractivity contribution in [1.29, 1.82) is 0 Å². The summed E-state index contributed by atoms with van der Waals surface area (Å²) in [6.45, 7) is 2.58. The summed E-state index contributed by atoms with van der Waals surface area (Å²) in [7, 11) is 0. The molecule has 1 saturated heterocycles. The van der Waals surface area contributed by atoms with Crippen molar-refractivity contribution in [2.45, 2.75) is 19.9 Å². The van der Waals surface area contributed by atoms with Crippen LogP contribution in [0.3, 0.4) is 0 Å². The number of hydrogen-bond donors (Lipinski definition) is 1. The quantitative estimate of drug-likeness (QED) is 0.660. The second-order valence-electron chi connectivity index (χ2n) is 5.09. The summed E-state index contributed by atoms with van der Waals surface area (Å²) in [6, 6.07) is 3.35. The fourth-order valence-electron chi connectivity index (χ4n) is 2.06. The van der Waals surface area contributed by atoms with Gasteiger partial charge in [-0.2, -0.15) is 0 Å². The zero-order chi connectivity index (χ0) is 17.3. The standard InChI is InChI=1S/C14H13Cl2N3O4/c1-7(2)19-13(22)12(21)18(14(19)23)6-10(20)17-11-8(15)4-3-5-9(11)16/h3-5,7H,6H2,1-2H3,(H,17,20). The molecular formula is C14H13Cl2N3O4. The lowest BCUT2D eigenvalue weighted by Crippen LogP contribution is -2.40. The van der Waals surface area contributed by atoms with E-state index in [4.69, 9.17) is 23.2 Å². The van der Waals surface area contributed by atoms with Crippen molar-refractivity contribution in [2.75, 3.05) is 11.9 Å². The number of halogens is 2. The molecule has 0 aromatic heterocycles. The van der Waals surface area contributed by atoms with Crippen LogP contribution >= 0.6 is 23.2 Å². The van der Waals surface area contributed by atoms with Crippen molar-refractivity contribution < 1.29 is 19.2 Å². The highest BCUT2D eigenvalue weighted by Crippen LogP contribution is 2.29. The Morgan fingerprint density at radius 2 is 1.70 bits per heavy atom. The molecule has 9 heteroatoms. The van der Waals surface area contributed by atoms with E-state index in [1.54, 1.807) is 19.9 Å². The van der Waals surface area contributed by atoms with Gasteiger partial charge in [0.2, 0.25) is 5.91 Å². The smallest absolute Gasteiger partial charge is 0.322 e. The van der Waals surface area contributed by atoms with Gasteiger partial charge in [0, 0.05) is 6.04 Å². The van der Waals surface area contributed by atoms with Crippen LogP contribution in [0.15, 0.2) is 18.2 Å². The largest absolute Gasteiger partial charge is 0.334 e. The molecule has 0 bridgehead atoms. The molecule has 0 spiro atoms. The number of nitrogens with zero attached hydrogens (tertiary/aromatic N) is 2. The Hall–Kier alpha value is -2.12. The number of carbonyl (C=O) groups excluding carboxylic acids is 4. The highest BCUT2D eigenvalue weighted by molar-refractivity contribution is 6.45. The molecule has 1 aliphatic rings. The van der Waals surface area contributed by atoms with Crippen LogP contribution < -0.4 is 5.32 Å². The number of anilines is 1. The van der Waals surface area contributed by atoms with Gasteiger partial charge in [0.1, 0.15) is 6.54 Å². The van der Waals surface area contributed by atoms with Crippen molar-refractivity contribution >= 4 is 52.6 Å². The summed E-state index contributed by atoms with van der Waals surface area (Å²) in [5, 5.41) is 2.85. The van der Waals surface area contributed by atoms with E-state index < -0.39 is 36.3 Å². The lowest BCUT2D eigenvalue weighted by molar-refractivity contribution is -0.144. The number of carbonyl (C=O) groups is 4. The molecule has 0 atom stereocenters. The van der Waals surface area contributed by atoms with Crippen LogP contribution in [0.25, 0.3) is 0 Å². The summed E-state index contributed by atoms with van der Waals surface area (Å²) in [5.74, 6) is -2.68. The molecule has 1 aliphatic heterocycles. The maximum absolute atomic E-state index is 12.1. The van der Waals surface area contributed by atoms with E-state index in [-0.39, 0.29) is 15.7 Å². The highest BCUT2D eigenvalue weighted by atomic mass is 35.5. The Morgan fingerprint density at radius 3 is 2.17 bits per heavy atom. The number of hydrogen-bond acceptors (Lipinski definition) is 4. The molecule has 0 unspecified atom stereocenters. The van der Waals surface area contributed by atoms with Gasteiger partial charge in [0.25, 0.3) is 0 Å². The Balaban J connectivity index is 2.13. The van der Waals surface area contributed by atoms with Gasteiger partial charge in [-0.05, 0) is 26.0 Å². The Bertz CT molecular complexity index is 685. The minimum absolute atomic E-state index is 0.173. The summed E-state index contributed by atoms with van der Waals surface area (Å²) < 4.78 is 0. The number of imide groups is 2. The molecule has 122 valence electrons. The van der Waals surface area contributed by atoms with E-state index in [0.717, 1.165) is 4.90 Å². The average molecular weight is 358 g/mol. The molecular weight excluding hydrogens is 345 g/mol. The number of benzene rings is 1. The number of amides is 5. The van der Waals surface area contributed by atoms with Gasteiger partial charge >= 0.3 is 17.8 Å². The van der Waals surface area contributed by atoms with E-state index in [1.807, 2.05) is 0 Å². The first-order valence-electron chi connectivity index (χ1n) is 6.67. The zero-order valence-electron chi connectivity index (χ0n) is 12.3. The second-order valence-corrected chi connectivity index (χ2v) is 5.90. The van der Waals surface area contributed by atoms with Gasteiger partial charge in [0.15, 0.2) is 0 Å². The van der Waals surface area contributed by atoms with Crippen LogP contribution in [-0.4, -0.2) is 46.1 Å². The maximum Gasteiger partial charge on any atom is 0.334 e. The van der Waals surface area contributed by atoms with Gasteiger partial charge in [-0.25, -0.2) is 9.69 Å². The molecule has 0 saturated carbocycles. The van der Waals surface area contributed by atoms with Crippen molar-refractivity contribution in [2.24, 2.45) is 0 Å². The summed E-state index contributed by atoms with van der Waals surface area (Å²) in [5.41, 5.74) is 0.173. The van der Waals surface area contributed by atoms with E-state index in [2.05, 4.69) is 5.32 Å². The predicted octanol–water partition coefficient (Wildman–Crippen LogP) is 2.13. The van der Waals surface area contributed by atoms with Gasteiger partial charge in [-0.3, -0.25) is 19.3 Å². The Labute approximate surface area is 142 Å². The van der Waals surface area contributed by atoms with Crippen molar-refractivity contribution in [1.82, 2.24) is 9.80 Å². The normalized spacial score (nSPS) is 14.9. The van der Waals surface area contributed by atoms with E-state index >= 15 is 0 Å². The molecule has 1 heterocycles. The summed E-state index contributed by atoms with van der Waals surface area (Å²) in [4.78, 5) is 49.1. The minimum atomic E-state index is -1.04. The average Bonchev–Trinajstić information content (AvgIpc) is 2.67. The van der Waals surface area contributed by atoms with E-state index in [9.17, 15) is 19.2 Å². The van der Waals surface area contributed by atoms with Crippen LogP contribution in [0.2, 0.25) is 10.0 Å². The fourth-order valence-corrected chi connectivity index (χ4v) is 2.55. The molecule has 1 aromatic rings. The van der Waals surface area contributed by atoms with Crippen LogP contribution in [0.5, 0.6) is 0 Å². The fraction of sp³-hybridized carbons (Fsp3) is 0.286. The molecule has 1 N–H and O–H groups in total. The molecule has 0 radical (unpaired) electrons. The SMILES string of the molecule is CC(C)N1C(=O)C(=O)N(CC(=O)Nc2c(Cl)cccc2Cl)C1=O. The third kappa shape index (κ3) is 3.30. The molecule has 1 aromatic carbocycles. The molecule has 2 rings (SSSR count). The molecule has 0 aliphatic carbocycles. The van der Waals surface area contributed by atoms with Crippen LogP contribution in [0.1, 0.15) is 13.8 Å². The van der Waals surface area contributed by atoms with Gasteiger partial charge in [0.05, 0.1) is 15.7 Å². The number of nitrogens with one attached hydrogen (secondary N) is 1. The molecule has 5 amide bonds. The van der Waals surface area contributed by atoms with E-state index in [0.29, 0.717) is 4.90 Å². The summed E-state index contributed by atoms with van der Waals surface area (Å²) >= 11 is 11.9. The van der Waals surface area contributed by atoms with Crippen molar-refractivity contribution in [3.05, 3.63) is 28.2 Å².